The summed E-state index contributed by atoms with van der Waals surface area (Å²) in [5.41, 5.74) is 0. The SMILES string of the molecule is CCCCN(CCO)C(=O)COC. The summed E-state index contributed by atoms with van der Waals surface area (Å²) in [5, 5.41) is 8.72. The predicted octanol–water partition coefficient (Wildman–Crippen LogP) is 0.254. The first-order valence-electron chi connectivity index (χ1n) is 4.63. The monoisotopic (exact) mass is 189 g/mol. The molecule has 1 N–H and O–H groups in total. The van der Waals surface area contributed by atoms with E-state index in [0.717, 1.165) is 12.8 Å². The maximum Gasteiger partial charge on any atom is 0.248 e. The summed E-state index contributed by atoms with van der Waals surface area (Å²) < 4.78 is 4.74. The van der Waals surface area contributed by atoms with Gasteiger partial charge in [-0.15, -0.1) is 0 Å². The van der Waals surface area contributed by atoms with Crippen LogP contribution in [0.4, 0.5) is 0 Å². The van der Waals surface area contributed by atoms with Crippen molar-refractivity contribution in [2.75, 3.05) is 33.4 Å². The van der Waals surface area contributed by atoms with Gasteiger partial charge in [0, 0.05) is 20.2 Å². The Hall–Kier alpha value is -0.610. The van der Waals surface area contributed by atoms with Crippen LogP contribution in [-0.4, -0.2) is 49.3 Å². The van der Waals surface area contributed by atoms with Crippen molar-refractivity contribution in [2.24, 2.45) is 0 Å². The number of carbonyl (C=O) groups excluding carboxylic acids is 1. The molecule has 0 spiro atoms. The largest absolute Gasteiger partial charge is 0.395 e. The number of aliphatic hydroxyl groups excluding tert-OH is 1. The summed E-state index contributed by atoms with van der Waals surface area (Å²) in [6, 6.07) is 0. The Bertz CT molecular complexity index is 139. The zero-order chi connectivity index (χ0) is 10.1. The van der Waals surface area contributed by atoms with Crippen LogP contribution in [0, 0.1) is 0 Å². The van der Waals surface area contributed by atoms with Gasteiger partial charge in [-0.2, -0.15) is 0 Å². The Morgan fingerprint density at radius 1 is 1.46 bits per heavy atom. The molecule has 13 heavy (non-hydrogen) atoms. The molecule has 0 aromatic rings. The van der Waals surface area contributed by atoms with Gasteiger partial charge in [-0.3, -0.25) is 4.79 Å². The zero-order valence-corrected chi connectivity index (χ0v) is 8.45. The van der Waals surface area contributed by atoms with Gasteiger partial charge in [-0.25, -0.2) is 0 Å². The van der Waals surface area contributed by atoms with Crippen molar-refractivity contribution in [3.05, 3.63) is 0 Å². The van der Waals surface area contributed by atoms with Crippen LogP contribution < -0.4 is 0 Å². The molecule has 0 atom stereocenters. The molecule has 78 valence electrons. The summed E-state index contributed by atoms with van der Waals surface area (Å²) in [7, 11) is 1.49. The van der Waals surface area contributed by atoms with Crippen molar-refractivity contribution >= 4 is 5.91 Å². The molecule has 1 amide bonds. The van der Waals surface area contributed by atoms with Crippen LogP contribution in [0.2, 0.25) is 0 Å². The minimum absolute atomic E-state index is 0.0131. The van der Waals surface area contributed by atoms with E-state index in [1.807, 2.05) is 0 Å². The van der Waals surface area contributed by atoms with Crippen LogP contribution in [0.15, 0.2) is 0 Å². The van der Waals surface area contributed by atoms with Crippen molar-refractivity contribution in [3.8, 4) is 0 Å². The molecular formula is C9H19NO3. The average Bonchev–Trinajstić information content (AvgIpc) is 2.12. The third-order valence-corrected chi connectivity index (χ3v) is 1.77. The number of hydrogen-bond donors (Lipinski definition) is 1. The summed E-state index contributed by atoms with van der Waals surface area (Å²) in [6.45, 7) is 3.29. The van der Waals surface area contributed by atoms with E-state index in [1.54, 1.807) is 4.90 Å². The first-order chi connectivity index (χ1) is 6.26. The summed E-state index contributed by atoms with van der Waals surface area (Å²) >= 11 is 0. The Labute approximate surface area is 79.5 Å². The van der Waals surface area contributed by atoms with Gasteiger partial charge < -0.3 is 14.7 Å². The summed E-state index contributed by atoms with van der Waals surface area (Å²) in [5.74, 6) is -0.0509. The Morgan fingerprint density at radius 2 is 2.15 bits per heavy atom. The number of methoxy groups -OCH3 is 1. The van der Waals surface area contributed by atoms with Crippen LogP contribution in [0.25, 0.3) is 0 Å². The zero-order valence-electron chi connectivity index (χ0n) is 8.45. The highest BCUT2D eigenvalue weighted by Crippen LogP contribution is 1.95. The Morgan fingerprint density at radius 3 is 2.62 bits per heavy atom. The molecule has 0 aromatic heterocycles. The molecular weight excluding hydrogens is 170 g/mol. The molecule has 4 heteroatoms. The molecule has 0 fully saturated rings. The number of hydrogen-bond acceptors (Lipinski definition) is 3. The molecule has 0 saturated heterocycles. The highest BCUT2D eigenvalue weighted by atomic mass is 16.5. The van der Waals surface area contributed by atoms with Crippen LogP contribution in [0.3, 0.4) is 0 Å². The first kappa shape index (κ1) is 12.4. The molecule has 0 aliphatic rings. The normalized spacial score (nSPS) is 10.1. The van der Waals surface area contributed by atoms with E-state index in [1.165, 1.54) is 7.11 Å². The minimum Gasteiger partial charge on any atom is -0.395 e. The van der Waals surface area contributed by atoms with Gasteiger partial charge in [-0.1, -0.05) is 13.3 Å². The number of carbonyl (C=O) groups is 1. The maximum atomic E-state index is 11.3. The number of rotatable bonds is 7. The molecule has 0 radical (unpaired) electrons. The van der Waals surface area contributed by atoms with E-state index in [0.29, 0.717) is 13.1 Å². The minimum atomic E-state index is -0.0509. The molecule has 0 saturated carbocycles. The lowest BCUT2D eigenvalue weighted by Gasteiger charge is -2.20. The maximum absolute atomic E-state index is 11.3. The molecule has 0 rings (SSSR count). The molecule has 0 unspecified atom stereocenters. The number of nitrogens with zero attached hydrogens (tertiary/aromatic N) is 1. The first-order valence-corrected chi connectivity index (χ1v) is 4.63. The Kier molecular flexibility index (Phi) is 7.63. The van der Waals surface area contributed by atoms with E-state index in [2.05, 4.69) is 6.92 Å². The number of amides is 1. The summed E-state index contributed by atoms with van der Waals surface area (Å²) in [6.07, 6.45) is 2.01. The standard InChI is InChI=1S/C9H19NO3/c1-3-4-5-10(6-7-11)9(12)8-13-2/h11H,3-8H2,1-2H3. The second-order valence-electron chi connectivity index (χ2n) is 2.89. The lowest BCUT2D eigenvalue weighted by Crippen LogP contribution is -2.36. The third kappa shape index (κ3) is 5.60. The van der Waals surface area contributed by atoms with Gasteiger partial charge in [0.05, 0.1) is 6.61 Å². The van der Waals surface area contributed by atoms with E-state index >= 15 is 0 Å². The van der Waals surface area contributed by atoms with Gasteiger partial charge in [0.15, 0.2) is 0 Å². The van der Waals surface area contributed by atoms with E-state index in [-0.39, 0.29) is 19.1 Å². The van der Waals surface area contributed by atoms with Gasteiger partial charge >= 0.3 is 0 Å². The second-order valence-corrected chi connectivity index (χ2v) is 2.89. The van der Waals surface area contributed by atoms with Crippen molar-refractivity contribution in [1.82, 2.24) is 4.90 Å². The van der Waals surface area contributed by atoms with Gasteiger partial charge in [-0.05, 0) is 6.42 Å². The number of ether oxygens (including phenoxy) is 1. The fourth-order valence-electron chi connectivity index (χ4n) is 1.05. The van der Waals surface area contributed by atoms with Gasteiger partial charge in [0.2, 0.25) is 5.91 Å². The van der Waals surface area contributed by atoms with Crippen LogP contribution in [0.5, 0.6) is 0 Å². The predicted molar refractivity (Wildman–Crippen MR) is 50.4 cm³/mol. The second kappa shape index (κ2) is 8.01. The molecule has 0 heterocycles. The fraction of sp³-hybridized carbons (Fsp3) is 0.889. The molecule has 0 aliphatic carbocycles. The molecule has 0 bridgehead atoms. The highest BCUT2D eigenvalue weighted by Gasteiger charge is 2.10. The van der Waals surface area contributed by atoms with Crippen molar-refractivity contribution < 1.29 is 14.6 Å². The van der Waals surface area contributed by atoms with E-state index in [4.69, 9.17) is 9.84 Å². The van der Waals surface area contributed by atoms with Crippen LogP contribution in [-0.2, 0) is 9.53 Å². The topological polar surface area (TPSA) is 49.8 Å². The van der Waals surface area contributed by atoms with Crippen molar-refractivity contribution in [1.29, 1.82) is 0 Å². The Balaban J connectivity index is 3.83. The van der Waals surface area contributed by atoms with Gasteiger partial charge in [0.25, 0.3) is 0 Å². The lowest BCUT2D eigenvalue weighted by molar-refractivity contribution is -0.135. The third-order valence-electron chi connectivity index (χ3n) is 1.77. The highest BCUT2D eigenvalue weighted by molar-refractivity contribution is 5.77. The summed E-state index contributed by atoms with van der Waals surface area (Å²) in [4.78, 5) is 13.0. The van der Waals surface area contributed by atoms with Crippen LogP contribution >= 0.6 is 0 Å². The number of unbranched alkanes of at least 4 members (excludes halogenated alkanes) is 1. The van der Waals surface area contributed by atoms with Crippen molar-refractivity contribution in [3.63, 3.8) is 0 Å². The fourth-order valence-corrected chi connectivity index (χ4v) is 1.05. The average molecular weight is 189 g/mol. The molecule has 4 nitrogen and oxygen atoms in total. The lowest BCUT2D eigenvalue weighted by atomic mass is 10.3. The van der Waals surface area contributed by atoms with Gasteiger partial charge in [0.1, 0.15) is 6.61 Å². The quantitative estimate of drug-likeness (QED) is 0.624. The van der Waals surface area contributed by atoms with E-state index in [9.17, 15) is 4.79 Å². The molecule has 0 aromatic carbocycles. The van der Waals surface area contributed by atoms with E-state index < -0.39 is 0 Å². The molecule has 0 aliphatic heterocycles. The van der Waals surface area contributed by atoms with Crippen molar-refractivity contribution in [2.45, 2.75) is 19.8 Å². The van der Waals surface area contributed by atoms with Crippen LogP contribution in [0.1, 0.15) is 19.8 Å². The smallest absolute Gasteiger partial charge is 0.248 e. The number of aliphatic hydroxyl groups is 1.